The molecule has 0 radical (unpaired) electrons. The number of hydrogen-bond donors (Lipinski definition) is 2. The topological polar surface area (TPSA) is 57.5 Å². The summed E-state index contributed by atoms with van der Waals surface area (Å²) in [6.07, 6.45) is 3.73. The van der Waals surface area contributed by atoms with Gasteiger partial charge in [-0.1, -0.05) is 26.8 Å². The fraction of sp³-hybridized carbons (Fsp3) is 0.667. The van der Waals surface area contributed by atoms with Crippen molar-refractivity contribution in [2.75, 3.05) is 0 Å². The third kappa shape index (κ3) is 16.1. The van der Waals surface area contributed by atoms with E-state index in [1.54, 1.807) is 0 Å². The van der Waals surface area contributed by atoms with Gasteiger partial charge >= 0.3 is 5.97 Å². The smallest absolute Gasteiger partial charge is 0.327 e. The lowest BCUT2D eigenvalue weighted by molar-refractivity contribution is -0.131. The van der Waals surface area contributed by atoms with Crippen molar-refractivity contribution >= 4 is 5.97 Å². The van der Waals surface area contributed by atoms with Crippen LogP contribution in [0.15, 0.2) is 12.7 Å². The summed E-state index contributed by atoms with van der Waals surface area (Å²) in [7, 11) is 0. The van der Waals surface area contributed by atoms with Crippen LogP contribution in [0.1, 0.15) is 33.1 Å². The molecule has 0 aliphatic heterocycles. The van der Waals surface area contributed by atoms with Gasteiger partial charge in [-0.3, -0.25) is 0 Å². The van der Waals surface area contributed by atoms with E-state index in [-0.39, 0.29) is 6.10 Å². The van der Waals surface area contributed by atoms with Crippen molar-refractivity contribution in [2.24, 2.45) is 0 Å². The first-order chi connectivity index (χ1) is 5.58. The van der Waals surface area contributed by atoms with E-state index in [1.807, 2.05) is 6.92 Å². The van der Waals surface area contributed by atoms with E-state index in [0.717, 1.165) is 25.3 Å². The molecule has 3 nitrogen and oxygen atoms in total. The molecule has 0 heterocycles. The molecule has 0 fully saturated rings. The van der Waals surface area contributed by atoms with Gasteiger partial charge in [-0.15, -0.1) is 0 Å². The van der Waals surface area contributed by atoms with Crippen molar-refractivity contribution in [3.8, 4) is 0 Å². The first-order valence-electron chi connectivity index (χ1n) is 4.11. The summed E-state index contributed by atoms with van der Waals surface area (Å²) in [5.74, 6) is -0.981. The van der Waals surface area contributed by atoms with Crippen LogP contribution < -0.4 is 0 Å². The van der Waals surface area contributed by atoms with E-state index in [9.17, 15) is 4.79 Å². The highest BCUT2D eigenvalue weighted by atomic mass is 16.4. The average Bonchev–Trinajstić information content (AvgIpc) is 2.06. The molecule has 72 valence electrons. The van der Waals surface area contributed by atoms with E-state index in [4.69, 9.17) is 10.2 Å². The molecule has 0 aliphatic rings. The van der Waals surface area contributed by atoms with Gasteiger partial charge in [-0.2, -0.15) is 0 Å². The summed E-state index contributed by atoms with van der Waals surface area (Å²) in [4.78, 5) is 9.25. The van der Waals surface area contributed by atoms with Gasteiger partial charge in [-0.25, -0.2) is 4.79 Å². The Labute approximate surface area is 73.7 Å². The van der Waals surface area contributed by atoms with Gasteiger partial charge in [0.15, 0.2) is 0 Å². The lowest BCUT2D eigenvalue weighted by Gasteiger charge is -2.01. The van der Waals surface area contributed by atoms with Crippen LogP contribution in [0.3, 0.4) is 0 Å². The Hall–Kier alpha value is -0.830. The Morgan fingerprint density at radius 3 is 2.08 bits per heavy atom. The Morgan fingerprint density at radius 1 is 1.58 bits per heavy atom. The molecular weight excluding hydrogens is 156 g/mol. The van der Waals surface area contributed by atoms with Crippen molar-refractivity contribution in [2.45, 2.75) is 39.2 Å². The quantitative estimate of drug-likeness (QED) is 0.639. The number of aliphatic hydroxyl groups excluding tert-OH is 1. The molecule has 0 rings (SSSR count). The number of rotatable bonds is 4. The zero-order valence-corrected chi connectivity index (χ0v) is 7.79. The number of carbonyl (C=O) groups is 1. The lowest BCUT2D eigenvalue weighted by Crippen LogP contribution is -2.01. The molecule has 0 aromatic carbocycles. The minimum atomic E-state index is -0.981. The summed E-state index contributed by atoms with van der Waals surface area (Å²) in [5, 5.41) is 16.5. The molecule has 1 unspecified atom stereocenters. The van der Waals surface area contributed by atoms with Gasteiger partial charge in [-0.05, 0) is 12.8 Å². The maximum atomic E-state index is 9.25. The fourth-order valence-electron chi connectivity index (χ4n) is 0.537. The molecule has 3 heteroatoms. The second-order valence-electron chi connectivity index (χ2n) is 2.39. The maximum absolute atomic E-state index is 9.25. The Balaban J connectivity index is 0. The minimum absolute atomic E-state index is 0.0509. The summed E-state index contributed by atoms with van der Waals surface area (Å²) in [5.41, 5.74) is 0. The van der Waals surface area contributed by atoms with Gasteiger partial charge in [0, 0.05) is 6.08 Å². The normalized spacial score (nSPS) is 10.9. The Kier molecular flexibility index (Phi) is 11.6. The van der Waals surface area contributed by atoms with Crippen LogP contribution in [0, 0.1) is 0 Å². The molecule has 2 N–H and O–H groups in total. The third-order valence-electron chi connectivity index (χ3n) is 1.27. The van der Waals surface area contributed by atoms with Crippen molar-refractivity contribution in [1.82, 2.24) is 0 Å². The van der Waals surface area contributed by atoms with Crippen LogP contribution in [0.2, 0.25) is 0 Å². The Morgan fingerprint density at radius 2 is 2.00 bits per heavy atom. The van der Waals surface area contributed by atoms with Gasteiger partial charge in [0.1, 0.15) is 0 Å². The van der Waals surface area contributed by atoms with Gasteiger partial charge in [0.05, 0.1) is 6.10 Å². The minimum Gasteiger partial charge on any atom is -0.478 e. The zero-order valence-electron chi connectivity index (χ0n) is 7.79. The monoisotopic (exact) mass is 174 g/mol. The third-order valence-corrected chi connectivity index (χ3v) is 1.27. The van der Waals surface area contributed by atoms with Crippen LogP contribution in [0.5, 0.6) is 0 Å². The molecule has 12 heavy (non-hydrogen) atoms. The summed E-state index contributed by atoms with van der Waals surface area (Å²) < 4.78 is 0. The molecule has 0 aromatic rings. The molecular formula is C9H18O3. The molecule has 0 aliphatic carbocycles. The molecule has 0 saturated heterocycles. The van der Waals surface area contributed by atoms with E-state index in [2.05, 4.69) is 13.5 Å². The van der Waals surface area contributed by atoms with Crippen LogP contribution in [-0.4, -0.2) is 22.3 Å². The van der Waals surface area contributed by atoms with Crippen molar-refractivity contribution in [1.29, 1.82) is 0 Å². The second-order valence-corrected chi connectivity index (χ2v) is 2.39. The van der Waals surface area contributed by atoms with Crippen LogP contribution >= 0.6 is 0 Å². The number of aliphatic carboxylic acids is 1. The van der Waals surface area contributed by atoms with E-state index in [0.29, 0.717) is 0 Å². The Bertz CT molecular complexity index is 121. The summed E-state index contributed by atoms with van der Waals surface area (Å²) >= 11 is 0. The average molecular weight is 174 g/mol. The van der Waals surface area contributed by atoms with Crippen LogP contribution in [-0.2, 0) is 4.79 Å². The van der Waals surface area contributed by atoms with Gasteiger partial charge in [0.25, 0.3) is 0 Å². The highest BCUT2D eigenvalue weighted by Crippen LogP contribution is 1.98. The SMILES string of the molecule is C=CC(=O)O.CCCC(O)CC. The van der Waals surface area contributed by atoms with Gasteiger partial charge < -0.3 is 10.2 Å². The maximum Gasteiger partial charge on any atom is 0.327 e. The highest BCUT2D eigenvalue weighted by molar-refractivity contribution is 5.78. The predicted molar refractivity (Wildman–Crippen MR) is 49.0 cm³/mol. The van der Waals surface area contributed by atoms with Crippen LogP contribution in [0.25, 0.3) is 0 Å². The van der Waals surface area contributed by atoms with Gasteiger partial charge in [0.2, 0.25) is 0 Å². The first-order valence-corrected chi connectivity index (χ1v) is 4.11. The largest absolute Gasteiger partial charge is 0.478 e. The van der Waals surface area contributed by atoms with E-state index in [1.165, 1.54) is 0 Å². The number of hydrogen-bond acceptors (Lipinski definition) is 2. The predicted octanol–water partition coefficient (Wildman–Crippen LogP) is 1.81. The molecule has 0 bridgehead atoms. The fourth-order valence-corrected chi connectivity index (χ4v) is 0.537. The summed E-state index contributed by atoms with van der Waals surface area (Å²) in [6.45, 7) is 7.04. The molecule has 0 amide bonds. The number of carboxylic acid groups (broad SMARTS) is 1. The number of carboxylic acids is 1. The number of aliphatic hydroxyl groups is 1. The van der Waals surface area contributed by atoms with E-state index >= 15 is 0 Å². The highest BCUT2D eigenvalue weighted by Gasteiger charge is 1.94. The van der Waals surface area contributed by atoms with Crippen molar-refractivity contribution < 1.29 is 15.0 Å². The molecule has 0 aromatic heterocycles. The first kappa shape index (κ1) is 13.7. The summed E-state index contributed by atoms with van der Waals surface area (Å²) in [6, 6.07) is 0. The van der Waals surface area contributed by atoms with Crippen molar-refractivity contribution in [3.63, 3.8) is 0 Å². The lowest BCUT2D eigenvalue weighted by atomic mass is 10.2. The van der Waals surface area contributed by atoms with E-state index < -0.39 is 5.97 Å². The van der Waals surface area contributed by atoms with Crippen LogP contribution in [0.4, 0.5) is 0 Å². The van der Waals surface area contributed by atoms with Crippen molar-refractivity contribution in [3.05, 3.63) is 12.7 Å². The molecule has 0 saturated carbocycles. The molecule has 1 atom stereocenters. The zero-order chi connectivity index (χ0) is 9.98. The standard InChI is InChI=1S/C6H14O.C3H4O2/c1-3-5-6(7)4-2;1-2-3(4)5/h6-7H,3-5H2,1-2H3;2H,1H2,(H,4,5). The second kappa shape index (κ2) is 10.2. The molecule has 0 spiro atoms.